The molecule has 12 rings (SSSR count). The molecule has 5 aromatic heterocycles. The van der Waals surface area contributed by atoms with E-state index < -0.39 is 6.85 Å². The number of hydrogen-bond donors (Lipinski definition) is 0. The Balaban J connectivity index is 1.10. The first-order chi connectivity index (χ1) is 29.2. The van der Waals surface area contributed by atoms with Gasteiger partial charge in [0.1, 0.15) is 0 Å². The van der Waals surface area contributed by atoms with E-state index in [9.17, 15) is 0 Å². The van der Waals surface area contributed by atoms with Crippen LogP contribution in [0.1, 0.15) is 9.68 Å². The number of fused-ring (bicyclic) bond motifs is 10. The summed E-state index contributed by atoms with van der Waals surface area (Å²) >= 11 is 2.37. The zero-order valence-electron chi connectivity index (χ0n) is 33.5. The molecule has 0 amide bonds. The standard InChI is InChI=1S/C50H33N5O.Pt/c1-31-24-49(51-29-42(31)32-12-4-3-5-13-32)54-46-26-35(56-34-15-10-14-33(25-34)53-30-52(2)44-20-8-9-21-45(44)53)22-23-37(46)40-27-41-39-18-11-17-38-36-16-6-7-19-43(36)55(50(38)39)48(41)28-47(40)54;/h3-29H,1-2H3;/i1D3;. The summed E-state index contributed by atoms with van der Waals surface area (Å²) in [5.41, 5.74) is 10.1. The average molecular weight is 918 g/mol. The van der Waals surface area contributed by atoms with Crippen LogP contribution in [0, 0.1) is 10.7 Å². The Morgan fingerprint density at radius 3 is 2.09 bits per heavy atom. The van der Waals surface area contributed by atoms with Crippen LogP contribution in [0.3, 0.4) is 0 Å². The maximum atomic E-state index is 8.68. The van der Waals surface area contributed by atoms with Crippen molar-refractivity contribution < 1.29 is 28.2 Å². The average Bonchev–Trinajstić information content (AvgIpc) is 3.96. The quantitative estimate of drug-likeness (QED) is 0.173. The Kier molecular flexibility index (Phi) is 6.28. The molecule has 12 aromatic rings. The van der Waals surface area contributed by atoms with Gasteiger partial charge in [0, 0.05) is 37.4 Å². The monoisotopic (exact) mass is 917 g/mol. The van der Waals surface area contributed by atoms with Crippen LogP contribution in [0.25, 0.3) is 93.6 Å². The summed E-state index contributed by atoms with van der Waals surface area (Å²) in [6.07, 6.45) is 1.70. The number of aryl methyl sites for hydroxylation is 2. The number of aromatic nitrogens is 5. The van der Waals surface area contributed by atoms with Crippen molar-refractivity contribution >= 4 is 70.9 Å². The van der Waals surface area contributed by atoms with Crippen LogP contribution in [0.15, 0.2) is 164 Å². The second-order valence-electron chi connectivity index (χ2n) is 14.6. The van der Waals surface area contributed by atoms with Crippen molar-refractivity contribution in [1.29, 1.82) is 0 Å². The fourth-order valence-electron chi connectivity index (χ4n) is 8.97. The molecule has 0 bridgehead atoms. The van der Waals surface area contributed by atoms with Gasteiger partial charge in [0.05, 0.1) is 16.6 Å². The van der Waals surface area contributed by atoms with Crippen LogP contribution >= 0.6 is 0 Å². The van der Waals surface area contributed by atoms with Crippen molar-refractivity contribution in [3.63, 3.8) is 0 Å². The van der Waals surface area contributed by atoms with Crippen LogP contribution in [0.4, 0.5) is 0 Å². The summed E-state index contributed by atoms with van der Waals surface area (Å²) in [5, 5.41) is 6.82. The van der Waals surface area contributed by atoms with Gasteiger partial charge < -0.3 is 4.40 Å². The summed E-state index contributed by atoms with van der Waals surface area (Å²) in [5.74, 6) is 1.86. The molecule has 0 saturated carbocycles. The van der Waals surface area contributed by atoms with Gasteiger partial charge in [-0.15, -0.1) is 0 Å². The van der Waals surface area contributed by atoms with Gasteiger partial charge in [-0.25, -0.2) is 0 Å². The number of para-hydroxylation sites is 4. The Labute approximate surface area is 342 Å². The molecule has 7 aromatic carbocycles. The molecule has 0 radical (unpaired) electrons. The van der Waals surface area contributed by atoms with Crippen molar-refractivity contribution in [2.24, 2.45) is 7.05 Å². The molecule has 7 heteroatoms. The third-order valence-corrected chi connectivity index (χ3v) is 12.8. The molecule has 0 spiro atoms. The Bertz CT molecular complexity index is 3780. The molecule has 6 nitrogen and oxygen atoms in total. The van der Waals surface area contributed by atoms with Gasteiger partial charge >= 0.3 is 194 Å². The molecule has 274 valence electrons. The number of ether oxygens (including phenoxy) is 1. The van der Waals surface area contributed by atoms with Crippen molar-refractivity contribution in [3.8, 4) is 34.1 Å². The van der Waals surface area contributed by atoms with Crippen molar-refractivity contribution in [3.05, 3.63) is 173 Å². The fourth-order valence-corrected chi connectivity index (χ4v) is 9.81. The molecule has 5 heterocycles. The van der Waals surface area contributed by atoms with E-state index in [1.807, 2.05) is 54.6 Å². The minimum Gasteiger partial charge on any atom is -0.0622 e. The topological polar surface area (TPSA) is 41.3 Å². The minimum atomic E-state index is -2.39. The Morgan fingerprint density at radius 1 is 0.544 bits per heavy atom. The molecule has 0 N–H and O–H groups in total. The zero-order valence-corrected chi connectivity index (χ0v) is 32.8. The predicted molar refractivity (Wildman–Crippen MR) is 229 cm³/mol. The van der Waals surface area contributed by atoms with Crippen LogP contribution in [0.2, 0.25) is 0 Å². The van der Waals surface area contributed by atoms with E-state index in [0.717, 1.165) is 64.3 Å². The first-order valence-corrected chi connectivity index (χ1v) is 20.0. The minimum absolute atomic E-state index is 0.241. The third-order valence-electron chi connectivity index (χ3n) is 11.5. The molecule has 0 unspecified atom stereocenters. The molecule has 0 atom stereocenters. The molecule has 0 aliphatic heterocycles. The SMILES string of the molecule is [2H]C([2H])([2H])c1cc(-n2c3cc(Oc4cccc(-n5[c](=[Pt])n(C)c6ccccc65)c4)ccc3c3cc4c5cccc6c7ccccc7n(c4cc32)c65)ncc1-c1ccccc1. The van der Waals surface area contributed by atoms with E-state index in [1.165, 1.54) is 21.7 Å². The van der Waals surface area contributed by atoms with E-state index in [4.69, 9.17) is 13.8 Å². The van der Waals surface area contributed by atoms with Crippen molar-refractivity contribution in [2.45, 2.75) is 6.85 Å². The molecular formula is C50H33N5OPt. The van der Waals surface area contributed by atoms with Crippen LogP contribution in [0.5, 0.6) is 11.5 Å². The summed E-state index contributed by atoms with van der Waals surface area (Å²) in [4.78, 5) is 5.04. The number of rotatable bonds is 5. The van der Waals surface area contributed by atoms with Crippen LogP contribution in [-0.4, -0.2) is 23.1 Å². The first-order valence-electron chi connectivity index (χ1n) is 20.3. The van der Waals surface area contributed by atoms with E-state index >= 15 is 0 Å². The predicted octanol–water partition coefficient (Wildman–Crippen LogP) is 12.5. The molecule has 0 saturated heterocycles. The molecular weight excluding hydrogens is 882 g/mol. The van der Waals surface area contributed by atoms with Gasteiger partial charge in [0.2, 0.25) is 0 Å². The number of imidazole rings is 1. The summed E-state index contributed by atoms with van der Waals surface area (Å²) in [6.45, 7) is -2.39. The summed E-state index contributed by atoms with van der Waals surface area (Å²) < 4.78 is 42.7. The molecule has 57 heavy (non-hydrogen) atoms. The third kappa shape index (κ3) is 4.68. The van der Waals surface area contributed by atoms with Crippen LogP contribution in [-0.2, 0) is 26.4 Å². The number of nitrogens with zero attached hydrogens (tertiary/aromatic N) is 5. The first kappa shape index (κ1) is 29.5. The van der Waals surface area contributed by atoms with Gasteiger partial charge in [0.15, 0.2) is 0 Å². The number of pyridine rings is 1. The molecule has 0 aliphatic carbocycles. The number of hydrogen-bond acceptors (Lipinski definition) is 2. The van der Waals surface area contributed by atoms with Gasteiger partial charge in [-0.05, 0) is 24.0 Å². The Morgan fingerprint density at radius 2 is 1.23 bits per heavy atom. The fraction of sp³-hybridized carbons (Fsp3) is 0.0400. The maximum absolute atomic E-state index is 8.68. The Hall–Kier alpha value is -6.75. The summed E-state index contributed by atoms with van der Waals surface area (Å²) in [6, 6.07) is 53.6. The molecule has 0 fully saturated rings. The smallest absolute Gasteiger partial charge is 0.0622 e. The van der Waals surface area contributed by atoms with Crippen molar-refractivity contribution in [2.75, 3.05) is 0 Å². The molecule has 0 aliphatic rings. The summed E-state index contributed by atoms with van der Waals surface area (Å²) in [7, 11) is 2.08. The van der Waals surface area contributed by atoms with E-state index in [-0.39, 0.29) is 5.56 Å². The zero-order chi connectivity index (χ0) is 40.4. The van der Waals surface area contributed by atoms with Gasteiger partial charge in [-0.3, -0.25) is 0 Å². The van der Waals surface area contributed by atoms with E-state index in [2.05, 4.69) is 142 Å². The number of benzene rings is 7. The van der Waals surface area contributed by atoms with E-state index in [0.29, 0.717) is 22.9 Å². The van der Waals surface area contributed by atoms with E-state index in [1.54, 1.807) is 12.3 Å². The normalized spacial score (nSPS) is 13.1. The van der Waals surface area contributed by atoms with Crippen molar-refractivity contribution in [1.82, 2.24) is 23.1 Å². The van der Waals surface area contributed by atoms with Gasteiger partial charge in [-0.2, -0.15) is 0 Å². The van der Waals surface area contributed by atoms with Crippen LogP contribution < -0.4 is 4.74 Å². The van der Waals surface area contributed by atoms with Gasteiger partial charge in [-0.1, -0.05) is 66.7 Å². The second-order valence-corrected chi connectivity index (χ2v) is 15.6. The second kappa shape index (κ2) is 12.1. The van der Waals surface area contributed by atoms with Gasteiger partial charge in [0.25, 0.3) is 0 Å².